The Morgan fingerprint density at radius 2 is 1.01 bits per heavy atom. The third-order valence-corrected chi connectivity index (χ3v) is 17.8. The number of nitrogens with zero attached hydrogens (tertiary/aromatic N) is 2. The topological polar surface area (TPSA) is 240 Å². The Hall–Kier alpha value is -3.91. The molecule has 19 heteroatoms. The third kappa shape index (κ3) is 22.6. The lowest BCUT2D eigenvalue weighted by Gasteiger charge is -2.62. The van der Waals surface area contributed by atoms with Crippen molar-refractivity contribution in [3.05, 3.63) is 0 Å². The Bertz CT molecular complexity index is 1840. The molecule has 4 fully saturated rings. The summed E-state index contributed by atoms with van der Waals surface area (Å²) in [6, 6.07) is 0. The number of rotatable bonds is 39. The monoisotopic (exact) mass is 1110 g/mol. The molecule has 0 bridgehead atoms. The summed E-state index contributed by atoms with van der Waals surface area (Å²) in [4.78, 5) is 89.9. The van der Waals surface area contributed by atoms with Gasteiger partial charge in [-0.05, 0) is 156 Å². The number of carbonyl (C=O) groups excluding carboxylic acids is 7. The van der Waals surface area contributed by atoms with Gasteiger partial charge < -0.3 is 57.9 Å². The number of carbonyl (C=O) groups is 7. The van der Waals surface area contributed by atoms with Gasteiger partial charge in [0.2, 0.25) is 0 Å². The molecule has 4 aliphatic rings. The van der Waals surface area contributed by atoms with Gasteiger partial charge in [-0.1, -0.05) is 27.7 Å². The van der Waals surface area contributed by atoms with E-state index >= 15 is 0 Å². The summed E-state index contributed by atoms with van der Waals surface area (Å²) in [5.74, 6) is 0.123. The van der Waals surface area contributed by atoms with E-state index in [1.807, 2.05) is 23.8 Å². The second kappa shape index (κ2) is 35.7. The van der Waals surface area contributed by atoms with Crippen LogP contribution in [0.1, 0.15) is 175 Å². The first kappa shape index (κ1) is 66.6. The minimum Gasteiger partial charge on any atom is -0.466 e. The van der Waals surface area contributed by atoms with Crippen LogP contribution in [0.3, 0.4) is 0 Å². The molecular weight excluding hydrogens is 1010 g/mol. The largest absolute Gasteiger partial charge is 0.466 e. The first-order valence-electron chi connectivity index (χ1n) is 29.8. The van der Waals surface area contributed by atoms with E-state index in [1.165, 1.54) is 20.0 Å². The predicted octanol–water partition coefficient (Wildman–Crippen LogP) is 7.17. The summed E-state index contributed by atoms with van der Waals surface area (Å²) in [6.07, 6.45) is 13.2. The standard InChI is InChI=1S/C59H100N2O17/c1-7-14-51(64)72-33-8-9-35-74-56(69)25-31-61(32-26-57(70)75-36-11-10-34-73-55(68)24-30-60(5)28-12-37-76-53(66)21-22-54(67)78-40-39-71-6)29-13-38-77-52(65)20-15-43(2)47-18-19-48-46-17-16-44-41-45(62)23-27-58(44,3)49(46)42-50(63)59(47,48)4/h43-50,62-63H,7-42H2,1-6H3/t43-,44-,45+,46+,47-,48+,49+,50+,58+,59-/m1/s1. The molecule has 448 valence electrons. The lowest BCUT2D eigenvalue weighted by atomic mass is 9.43. The van der Waals surface area contributed by atoms with Crippen molar-refractivity contribution in [1.29, 1.82) is 0 Å². The van der Waals surface area contributed by atoms with Crippen LogP contribution in [-0.2, 0) is 71.5 Å². The smallest absolute Gasteiger partial charge is 0.307 e. The van der Waals surface area contributed by atoms with E-state index in [2.05, 4.69) is 20.8 Å². The molecule has 0 spiro atoms. The highest BCUT2D eigenvalue weighted by Gasteiger charge is 2.63. The second-order valence-corrected chi connectivity index (χ2v) is 23.2. The van der Waals surface area contributed by atoms with E-state index in [0.717, 1.165) is 44.9 Å². The molecule has 4 aliphatic carbocycles. The maximum atomic E-state index is 13.1. The van der Waals surface area contributed by atoms with Crippen molar-refractivity contribution in [3.8, 4) is 0 Å². The zero-order chi connectivity index (χ0) is 56.9. The fraction of sp³-hybridized carbons (Fsp3) is 0.881. The van der Waals surface area contributed by atoms with Crippen LogP contribution in [0.5, 0.6) is 0 Å². The summed E-state index contributed by atoms with van der Waals surface area (Å²) < 4.78 is 42.0. The lowest BCUT2D eigenvalue weighted by molar-refractivity contribution is -0.175. The molecule has 0 aliphatic heterocycles. The number of unbranched alkanes of at least 4 members (excludes halogenated alkanes) is 2. The van der Waals surface area contributed by atoms with Gasteiger partial charge in [0.15, 0.2) is 0 Å². The van der Waals surface area contributed by atoms with Crippen LogP contribution >= 0.6 is 0 Å². The first-order chi connectivity index (χ1) is 37.4. The molecule has 0 unspecified atom stereocenters. The Morgan fingerprint density at radius 1 is 0.526 bits per heavy atom. The average molecular weight is 1110 g/mol. The fourth-order valence-corrected chi connectivity index (χ4v) is 13.2. The number of hydrogen-bond donors (Lipinski definition) is 2. The van der Waals surface area contributed by atoms with E-state index in [4.69, 9.17) is 37.9 Å². The molecule has 0 saturated heterocycles. The van der Waals surface area contributed by atoms with Crippen molar-refractivity contribution in [2.45, 2.75) is 188 Å². The SMILES string of the molecule is CCCC(=O)OCCCCOC(=O)CCN(CCCOC(=O)CC[C@@H](C)[C@H]1CC[C@H]2[C@@H]3CC[C@@H]4C[C@@H](O)CC[C@]4(C)[C@H]3C[C@H](O)[C@]12C)CCC(=O)OCCCCOC(=O)CCN(C)CCCOC(=O)CCC(=O)OCCOC. The minimum atomic E-state index is -0.485. The van der Waals surface area contributed by atoms with Crippen molar-refractivity contribution in [3.63, 3.8) is 0 Å². The number of aliphatic hydroxyl groups excluding tert-OH is 2. The Labute approximate surface area is 465 Å². The number of hydrogen-bond acceptors (Lipinski definition) is 19. The molecule has 0 heterocycles. The molecular formula is C59H100N2O17. The van der Waals surface area contributed by atoms with Gasteiger partial charge in [0.25, 0.3) is 0 Å². The van der Waals surface area contributed by atoms with Crippen LogP contribution in [-0.4, -0.2) is 174 Å². The number of methoxy groups -OCH3 is 1. The first-order valence-corrected chi connectivity index (χ1v) is 29.8. The number of aliphatic hydroxyl groups is 2. The fourth-order valence-electron chi connectivity index (χ4n) is 13.2. The van der Waals surface area contributed by atoms with E-state index in [9.17, 15) is 43.8 Å². The van der Waals surface area contributed by atoms with Crippen LogP contribution in [0.4, 0.5) is 0 Å². The summed E-state index contributed by atoms with van der Waals surface area (Å²) >= 11 is 0. The van der Waals surface area contributed by atoms with E-state index in [0.29, 0.717) is 120 Å². The van der Waals surface area contributed by atoms with Crippen LogP contribution in [0.25, 0.3) is 0 Å². The van der Waals surface area contributed by atoms with E-state index in [1.54, 1.807) is 0 Å². The zero-order valence-electron chi connectivity index (χ0n) is 48.5. The maximum absolute atomic E-state index is 13.1. The predicted molar refractivity (Wildman–Crippen MR) is 289 cm³/mol. The van der Waals surface area contributed by atoms with Crippen LogP contribution in [0.15, 0.2) is 0 Å². The van der Waals surface area contributed by atoms with Gasteiger partial charge in [0, 0.05) is 52.7 Å². The van der Waals surface area contributed by atoms with E-state index in [-0.39, 0.29) is 138 Å². The number of ether oxygens (including phenoxy) is 8. The molecule has 0 aromatic heterocycles. The third-order valence-electron chi connectivity index (χ3n) is 17.8. The molecule has 10 atom stereocenters. The molecule has 0 amide bonds. The van der Waals surface area contributed by atoms with Crippen molar-refractivity contribution in [2.24, 2.45) is 46.3 Å². The molecule has 0 aromatic rings. The van der Waals surface area contributed by atoms with Gasteiger partial charge >= 0.3 is 41.8 Å². The second-order valence-electron chi connectivity index (χ2n) is 23.2. The van der Waals surface area contributed by atoms with Crippen LogP contribution in [0.2, 0.25) is 0 Å². The van der Waals surface area contributed by atoms with Gasteiger partial charge in [0.1, 0.15) is 6.61 Å². The highest BCUT2D eigenvalue weighted by atomic mass is 16.6. The highest BCUT2D eigenvalue weighted by Crippen LogP contribution is 2.68. The molecule has 2 N–H and O–H groups in total. The Balaban J connectivity index is 1.11. The zero-order valence-corrected chi connectivity index (χ0v) is 48.5. The summed E-state index contributed by atoms with van der Waals surface area (Å²) in [5.41, 5.74) is 0.00893. The van der Waals surface area contributed by atoms with Crippen LogP contribution < -0.4 is 0 Å². The number of esters is 7. The average Bonchev–Trinajstić information content (AvgIpc) is 4.01. The number of fused-ring (bicyclic) bond motifs is 5. The van der Waals surface area contributed by atoms with E-state index < -0.39 is 17.9 Å². The van der Waals surface area contributed by atoms with Crippen LogP contribution in [0, 0.1) is 46.3 Å². The van der Waals surface area contributed by atoms with Gasteiger partial charge in [-0.2, -0.15) is 0 Å². The summed E-state index contributed by atoms with van der Waals surface area (Å²) in [5, 5.41) is 22.4. The Kier molecular flexibility index (Phi) is 30.5. The molecule has 4 saturated carbocycles. The highest BCUT2D eigenvalue weighted by molar-refractivity contribution is 5.77. The molecule has 0 radical (unpaired) electrons. The van der Waals surface area contributed by atoms with Gasteiger partial charge in [-0.15, -0.1) is 0 Å². The lowest BCUT2D eigenvalue weighted by Crippen LogP contribution is -2.58. The molecule has 4 rings (SSSR count). The maximum Gasteiger partial charge on any atom is 0.307 e. The minimum absolute atomic E-state index is 0.0576. The van der Waals surface area contributed by atoms with Crippen molar-refractivity contribution >= 4 is 41.8 Å². The summed E-state index contributed by atoms with van der Waals surface area (Å²) in [6.45, 7) is 12.8. The summed E-state index contributed by atoms with van der Waals surface area (Å²) in [7, 11) is 3.35. The van der Waals surface area contributed by atoms with Crippen molar-refractivity contribution in [2.75, 3.05) is 99.7 Å². The molecule has 19 nitrogen and oxygen atoms in total. The van der Waals surface area contributed by atoms with Gasteiger partial charge in [-0.25, -0.2) is 0 Å². The molecule has 78 heavy (non-hydrogen) atoms. The normalized spacial score (nSPS) is 25.7. The Morgan fingerprint density at radius 3 is 1.56 bits per heavy atom. The quantitative estimate of drug-likeness (QED) is 0.0352. The van der Waals surface area contributed by atoms with Crippen molar-refractivity contribution < 1.29 is 81.7 Å². The van der Waals surface area contributed by atoms with Crippen molar-refractivity contribution in [1.82, 2.24) is 9.80 Å². The van der Waals surface area contributed by atoms with Gasteiger partial charge in [-0.3, -0.25) is 33.6 Å². The molecule has 0 aromatic carbocycles. The van der Waals surface area contributed by atoms with Gasteiger partial charge in [0.05, 0.1) is 90.6 Å².